The van der Waals surface area contributed by atoms with Gasteiger partial charge in [-0.1, -0.05) is 6.07 Å². The van der Waals surface area contributed by atoms with Crippen LogP contribution in [0.15, 0.2) is 41.3 Å². The zero-order valence-corrected chi connectivity index (χ0v) is 19.2. The number of hydrogen-bond donors (Lipinski definition) is 1. The van der Waals surface area contributed by atoms with Crippen molar-refractivity contribution in [3.8, 4) is 17.2 Å². The highest BCUT2D eigenvalue weighted by Crippen LogP contribution is 2.41. The lowest BCUT2D eigenvalue weighted by Gasteiger charge is -2.33. The Labute approximate surface area is 190 Å². The number of H-pyrrole nitrogens is 1. The molecule has 0 atom stereocenters. The van der Waals surface area contributed by atoms with E-state index >= 15 is 0 Å². The second-order valence-electron chi connectivity index (χ2n) is 7.44. The van der Waals surface area contributed by atoms with Gasteiger partial charge in [0.1, 0.15) is 17.3 Å². The summed E-state index contributed by atoms with van der Waals surface area (Å²) < 4.78 is 56.6. The average molecular weight is 478 g/mol. The zero-order valence-electron chi connectivity index (χ0n) is 18.4. The first kappa shape index (κ1) is 22.9. The van der Waals surface area contributed by atoms with E-state index in [2.05, 4.69) is 4.98 Å². The maximum atomic E-state index is 13.5. The van der Waals surface area contributed by atoms with Crippen molar-refractivity contribution in [2.45, 2.75) is 4.90 Å². The smallest absolute Gasteiger partial charge is 0.270 e. The highest BCUT2D eigenvalue weighted by molar-refractivity contribution is 7.89. The predicted molar refractivity (Wildman–Crippen MR) is 119 cm³/mol. The first-order valence-electron chi connectivity index (χ1n) is 10.2. The fourth-order valence-electron chi connectivity index (χ4n) is 3.93. The molecule has 33 heavy (non-hydrogen) atoms. The van der Waals surface area contributed by atoms with Gasteiger partial charge in [-0.05, 0) is 24.3 Å². The summed E-state index contributed by atoms with van der Waals surface area (Å²) in [6.07, 6.45) is 0. The third-order valence-corrected chi connectivity index (χ3v) is 7.52. The van der Waals surface area contributed by atoms with Crippen LogP contribution in [-0.2, 0) is 10.0 Å². The van der Waals surface area contributed by atoms with Crippen LogP contribution in [0.2, 0.25) is 0 Å². The molecule has 1 aromatic heterocycles. The summed E-state index contributed by atoms with van der Waals surface area (Å²) in [5.74, 6) is 0.518. The van der Waals surface area contributed by atoms with Crippen molar-refractivity contribution in [3.05, 3.63) is 47.9 Å². The average Bonchev–Trinajstić information content (AvgIpc) is 3.28. The molecule has 1 aliphatic rings. The summed E-state index contributed by atoms with van der Waals surface area (Å²) in [6, 6.07) is 8.25. The number of aromatic amines is 1. The van der Waals surface area contributed by atoms with Gasteiger partial charge in [0.2, 0.25) is 10.0 Å². The molecule has 1 aliphatic heterocycles. The number of methoxy groups -OCH3 is 3. The number of amides is 1. The number of nitrogens with one attached hydrogen (secondary N) is 1. The van der Waals surface area contributed by atoms with Crippen LogP contribution in [-0.4, -0.2) is 76.0 Å². The van der Waals surface area contributed by atoms with E-state index in [9.17, 15) is 17.6 Å². The van der Waals surface area contributed by atoms with Crippen molar-refractivity contribution in [3.63, 3.8) is 0 Å². The van der Waals surface area contributed by atoms with E-state index in [1.807, 2.05) is 0 Å². The summed E-state index contributed by atoms with van der Waals surface area (Å²) in [4.78, 5) is 17.7. The molecule has 3 aromatic rings. The van der Waals surface area contributed by atoms with Gasteiger partial charge in [0.05, 0.1) is 31.7 Å². The molecule has 0 spiro atoms. The Bertz CT molecular complexity index is 1300. The second-order valence-corrected chi connectivity index (χ2v) is 9.38. The summed E-state index contributed by atoms with van der Waals surface area (Å²) >= 11 is 0. The van der Waals surface area contributed by atoms with Gasteiger partial charge in [-0.2, -0.15) is 4.31 Å². The summed E-state index contributed by atoms with van der Waals surface area (Å²) in [5.41, 5.74) is 0.876. The summed E-state index contributed by atoms with van der Waals surface area (Å²) in [6.45, 7) is 0.594. The minimum Gasteiger partial charge on any atom is -0.496 e. The van der Waals surface area contributed by atoms with Gasteiger partial charge in [-0.15, -0.1) is 0 Å². The standard InChI is InChI=1S/C22H24FN3O6S/c1-30-18-13-19(31-2)21(32-3)20-16(18)12-17(24-20)22(27)25-7-9-26(10-8-25)33(28,29)15-6-4-5-14(23)11-15/h4-6,11-13,24H,7-10H2,1-3H3. The number of carbonyl (C=O) groups excluding carboxylic acids is 1. The molecule has 1 amide bonds. The molecule has 2 aromatic carbocycles. The minimum absolute atomic E-state index is 0.102. The van der Waals surface area contributed by atoms with Gasteiger partial charge in [-0.3, -0.25) is 4.79 Å². The predicted octanol–water partition coefficient (Wildman–Crippen LogP) is 2.48. The van der Waals surface area contributed by atoms with Crippen molar-refractivity contribution >= 4 is 26.8 Å². The third-order valence-electron chi connectivity index (χ3n) is 5.63. The summed E-state index contributed by atoms with van der Waals surface area (Å²) in [5, 5.41) is 0.658. The molecule has 0 bridgehead atoms. The number of halogens is 1. The van der Waals surface area contributed by atoms with Crippen LogP contribution < -0.4 is 14.2 Å². The normalized spacial score (nSPS) is 15.0. The first-order valence-corrected chi connectivity index (χ1v) is 11.6. The Morgan fingerprint density at radius 3 is 2.27 bits per heavy atom. The van der Waals surface area contributed by atoms with Crippen LogP contribution in [0.4, 0.5) is 4.39 Å². The number of hydrogen-bond acceptors (Lipinski definition) is 6. The van der Waals surface area contributed by atoms with Gasteiger partial charge in [0.15, 0.2) is 11.5 Å². The quantitative estimate of drug-likeness (QED) is 0.586. The Kier molecular flexibility index (Phi) is 6.17. The molecule has 1 N–H and O–H groups in total. The summed E-state index contributed by atoms with van der Waals surface area (Å²) in [7, 11) is 0.691. The number of aromatic nitrogens is 1. The number of nitrogens with zero attached hydrogens (tertiary/aromatic N) is 2. The van der Waals surface area contributed by atoms with Crippen molar-refractivity contribution in [2.24, 2.45) is 0 Å². The monoisotopic (exact) mass is 477 g/mol. The molecule has 11 heteroatoms. The molecule has 0 saturated carbocycles. The number of piperazine rings is 1. The lowest BCUT2D eigenvalue weighted by atomic mass is 10.2. The molecule has 1 fully saturated rings. The molecule has 9 nitrogen and oxygen atoms in total. The maximum absolute atomic E-state index is 13.5. The number of carbonyl (C=O) groups is 1. The van der Waals surface area contributed by atoms with Crippen molar-refractivity contribution < 1.29 is 31.8 Å². The van der Waals surface area contributed by atoms with Crippen LogP contribution in [0.3, 0.4) is 0 Å². The Hall–Kier alpha value is -3.31. The van der Waals surface area contributed by atoms with Crippen LogP contribution in [0.5, 0.6) is 17.2 Å². The lowest BCUT2D eigenvalue weighted by molar-refractivity contribution is 0.0693. The van der Waals surface area contributed by atoms with Gasteiger partial charge >= 0.3 is 0 Å². The van der Waals surface area contributed by atoms with E-state index in [1.54, 1.807) is 17.0 Å². The first-order chi connectivity index (χ1) is 15.8. The fourth-order valence-corrected chi connectivity index (χ4v) is 5.38. The topological polar surface area (TPSA) is 101 Å². The highest BCUT2D eigenvalue weighted by atomic mass is 32.2. The Balaban J connectivity index is 1.55. The molecule has 0 aliphatic carbocycles. The molecule has 2 heterocycles. The molecular weight excluding hydrogens is 453 g/mol. The molecular formula is C22H24FN3O6S. The number of sulfonamides is 1. The zero-order chi connectivity index (χ0) is 23.8. The fraction of sp³-hybridized carbons (Fsp3) is 0.318. The maximum Gasteiger partial charge on any atom is 0.270 e. The largest absolute Gasteiger partial charge is 0.496 e. The second kappa shape index (κ2) is 8.91. The van der Waals surface area contributed by atoms with Crippen LogP contribution >= 0.6 is 0 Å². The lowest BCUT2D eigenvalue weighted by Crippen LogP contribution is -2.50. The van der Waals surface area contributed by atoms with Gasteiger partial charge in [0, 0.05) is 37.6 Å². The van der Waals surface area contributed by atoms with Crippen molar-refractivity contribution in [1.82, 2.24) is 14.2 Å². The van der Waals surface area contributed by atoms with Crippen molar-refractivity contribution in [1.29, 1.82) is 0 Å². The van der Waals surface area contributed by atoms with E-state index in [4.69, 9.17) is 14.2 Å². The van der Waals surface area contributed by atoms with Crippen LogP contribution in [0.1, 0.15) is 10.5 Å². The van der Waals surface area contributed by atoms with E-state index < -0.39 is 15.8 Å². The molecule has 4 rings (SSSR count). The Morgan fingerprint density at radius 1 is 0.970 bits per heavy atom. The molecule has 1 saturated heterocycles. The third kappa shape index (κ3) is 4.09. The van der Waals surface area contributed by atoms with Gasteiger partial charge < -0.3 is 24.1 Å². The number of fused-ring (bicyclic) bond motifs is 1. The van der Waals surface area contributed by atoms with E-state index in [0.717, 1.165) is 6.07 Å². The molecule has 0 unspecified atom stereocenters. The number of benzene rings is 2. The Morgan fingerprint density at radius 2 is 1.67 bits per heavy atom. The van der Waals surface area contributed by atoms with Crippen LogP contribution in [0.25, 0.3) is 10.9 Å². The van der Waals surface area contributed by atoms with Gasteiger partial charge in [0.25, 0.3) is 5.91 Å². The minimum atomic E-state index is -3.84. The molecule has 0 radical (unpaired) electrons. The van der Waals surface area contributed by atoms with Gasteiger partial charge in [-0.25, -0.2) is 12.8 Å². The molecule has 176 valence electrons. The van der Waals surface area contributed by atoms with E-state index in [-0.39, 0.29) is 37.0 Å². The van der Waals surface area contributed by atoms with E-state index in [1.165, 1.54) is 43.8 Å². The van der Waals surface area contributed by atoms with Crippen LogP contribution in [0, 0.1) is 5.82 Å². The highest BCUT2D eigenvalue weighted by Gasteiger charge is 2.31. The SMILES string of the molecule is COc1cc(OC)c2cc(C(=O)N3CCN(S(=O)(=O)c4cccc(F)c4)CC3)[nH]c2c1OC. The van der Waals surface area contributed by atoms with E-state index in [0.29, 0.717) is 33.8 Å². The number of rotatable bonds is 6. The number of ether oxygens (including phenoxy) is 3. The van der Waals surface area contributed by atoms with Crippen molar-refractivity contribution in [2.75, 3.05) is 47.5 Å².